The van der Waals surface area contributed by atoms with E-state index in [4.69, 9.17) is 9.47 Å². The molecule has 0 bridgehead atoms. The molecular formula is C15H25FO2. The summed E-state index contributed by atoms with van der Waals surface area (Å²) in [6.07, 6.45) is 3.52. The molecule has 0 aromatic heterocycles. The predicted octanol–water partition coefficient (Wildman–Crippen LogP) is 4.38. The summed E-state index contributed by atoms with van der Waals surface area (Å²) in [5.41, 5.74) is 1.70. The van der Waals surface area contributed by atoms with Gasteiger partial charge in [-0.3, -0.25) is 0 Å². The number of methoxy groups -OCH3 is 2. The highest BCUT2D eigenvalue weighted by Gasteiger charge is 2.17. The third-order valence-electron chi connectivity index (χ3n) is 2.98. The Morgan fingerprint density at radius 1 is 1.06 bits per heavy atom. The second-order valence-electron chi connectivity index (χ2n) is 4.01. The molecule has 0 aliphatic carbocycles. The highest BCUT2D eigenvalue weighted by molar-refractivity contribution is 5.48. The van der Waals surface area contributed by atoms with Gasteiger partial charge >= 0.3 is 0 Å². The zero-order valence-corrected chi connectivity index (χ0v) is 11.1. The minimum absolute atomic E-state index is 0. The molecule has 0 heterocycles. The van der Waals surface area contributed by atoms with Crippen molar-refractivity contribution in [1.82, 2.24) is 0 Å². The van der Waals surface area contributed by atoms with E-state index in [0.717, 1.165) is 42.6 Å². The molecule has 0 saturated carbocycles. The van der Waals surface area contributed by atoms with Crippen molar-refractivity contribution in [2.45, 2.75) is 47.0 Å². The molecule has 18 heavy (non-hydrogen) atoms. The Morgan fingerprint density at radius 2 is 1.67 bits per heavy atom. The lowest BCUT2D eigenvalue weighted by molar-refractivity contribution is 0.368. The van der Waals surface area contributed by atoms with E-state index in [1.165, 1.54) is 7.11 Å². The van der Waals surface area contributed by atoms with Gasteiger partial charge in [0.25, 0.3) is 0 Å². The van der Waals surface area contributed by atoms with Gasteiger partial charge in [0.1, 0.15) is 5.75 Å². The largest absolute Gasteiger partial charge is 0.496 e. The van der Waals surface area contributed by atoms with Crippen molar-refractivity contribution in [3.8, 4) is 11.5 Å². The van der Waals surface area contributed by atoms with Gasteiger partial charge < -0.3 is 9.47 Å². The summed E-state index contributed by atoms with van der Waals surface area (Å²) < 4.78 is 24.5. The smallest absolute Gasteiger partial charge is 0.168 e. The monoisotopic (exact) mass is 256 g/mol. The van der Waals surface area contributed by atoms with Crippen molar-refractivity contribution in [2.75, 3.05) is 14.2 Å². The quantitative estimate of drug-likeness (QED) is 0.751. The second kappa shape index (κ2) is 7.96. The maximum absolute atomic E-state index is 14.2. The molecule has 0 spiro atoms. The van der Waals surface area contributed by atoms with Crippen LogP contribution in [0.15, 0.2) is 6.07 Å². The Hall–Kier alpha value is -1.25. The molecule has 1 aromatic carbocycles. The molecule has 0 atom stereocenters. The van der Waals surface area contributed by atoms with Gasteiger partial charge in [0.05, 0.1) is 14.2 Å². The molecule has 1 aromatic rings. The van der Waals surface area contributed by atoms with Crippen molar-refractivity contribution in [2.24, 2.45) is 0 Å². The first-order chi connectivity index (χ1) is 8.19. The fourth-order valence-corrected chi connectivity index (χ4v) is 2.03. The highest BCUT2D eigenvalue weighted by atomic mass is 19.1. The van der Waals surface area contributed by atoms with Gasteiger partial charge in [-0.05, 0) is 24.8 Å². The van der Waals surface area contributed by atoms with Crippen LogP contribution in [0, 0.1) is 5.82 Å². The van der Waals surface area contributed by atoms with Gasteiger partial charge in [0.2, 0.25) is 0 Å². The maximum Gasteiger partial charge on any atom is 0.168 e. The molecule has 1 rings (SSSR count). The zero-order chi connectivity index (χ0) is 12.8. The second-order valence-corrected chi connectivity index (χ2v) is 4.01. The Morgan fingerprint density at radius 3 is 2.11 bits per heavy atom. The summed E-state index contributed by atoms with van der Waals surface area (Å²) in [4.78, 5) is 0. The standard InChI is InChI=1S/C14H21FO2.CH4/c1-5-7-8-11-10(6-2)12(16-3)9-13(17-4)14(11)15;/h9H,5-8H2,1-4H3;1H4. The molecule has 0 fully saturated rings. The van der Waals surface area contributed by atoms with E-state index in [0.29, 0.717) is 0 Å². The normalized spacial score (nSPS) is 9.83. The van der Waals surface area contributed by atoms with Gasteiger partial charge in [-0.25, -0.2) is 4.39 Å². The van der Waals surface area contributed by atoms with Crippen LogP contribution in [0.1, 0.15) is 45.2 Å². The Balaban J connectivity index is 0.00000289. The van der Waals surface area contributed by atoms with Crippen LogP contribution in [0.3, 0.4) is 0 Å². The molecule has 3 heteroatoms. The Kier molecular flexibility index (Phi) is 7.41. The molecular weight excluding hydrogens is 231 g/mol. The van der Waals surface area contributed by atoms with E-state index in [9.17, 15) is 4.39 Å². The van der Waals surface area contributed by atoms with Crippen LogP contribution in [-0.2, 0) is 12.8 Å². The number of hydrogen-bond acceptors (Lipinski definition) is 2. The minimum atomic E-state index is -0.237. The number of halogens is 1. The first kappa shape index (κ1) is 16.8. The van der Waals surface area contributed by atoms with Crippen LogP contribution < -0.4 is 9.47 Å². The molecule has 104 valence electrons. The van der Waals surface area contributed by atoms with Crippen molar-refractivity contribution < 1.29 is 13.9 Å². The number of rotatable bonds is 6. The van der Waals surface area contributed by atoms with E-state index in [2.05, 4.69) is 6.92 Å². The van der Waals surface area contributed by atoms with Crippen molar-refractivity contribution in [1.29, 1.82) is 0 Å². The molecule has 0 N–H and O–H groups in total. The predicted molar refractivity (Wildman–Crippen MR) is 74.2 cm³/mol. The molecule has 0 amide bonds. The van der Waals surface area contributed by atoms with Crippen LogP contribution in [0.2, 0.25) is 0 Å². The number of unbranched alkanes of at least 4 members (excludes halogenated alkanes) is 1. The summed E-state index contributed by atoms with van der Waals surface area (Å²) in [6, 6.07) is 1.63. The molecule has 2 nitrogen and oxygen atoms in total. The average Bonchev–Trinajstić information content (AvgIpc) is 2.36. The van der Waals surface area contributed by atoms with E-state index in [-0.39, 0.29) is 19.0 Å². The summed E-state index contributed by atoms with van der Waals surface area (Å²) in [7, 11) is 3.09. The SMILES string of the molecule is C.CCCCc1c(F)c(OC)cc(OC)c1CC. The van der Waals surface area contributed by atoms with Crippen molar-refractivity contribution >= 4 is 0 Å². The number of benzene rings is 1. The van der Waals surface area contributed by atoms with E-state index in [1.807, 2.05) is 6.92 Å². The van der Waals surface area contributed by atoms with E-state index < -0.39 is 0 Å². The zero-order valence-electron chi connectivity index (χ0n) is 11.1. The first-order valence-electron chi connectivity index (χ1n) is 6.11. The van der Waals surface area contributed by atoms with Crippen LogP contribution in [0.25, 0.3) is 0 Å². The first-order valence-corrected chi connectivity index (χ1v) is 6.11. The molecule has 0 aliphatic rings. The Labute approximate surface area is 110 Å². The van der Waals surface area contributed by atoms with Crippen LogP contribution in [0.4, 0.5) is 4.39 Å². The topological polar surface area (TPSA) is 18.5 Å². The summed E-state index contributed by atoms with van der Waals surface area (Å²) >= 11 is 0. The lowest BCUT2D eigenvalue weighted by Crippen LogP contribution is -2.03. The lowest BCUT2D eigenvalue weighted by Gasteiger charge is -2.16. The molecule has 0 aliphatic heterocycles. The van der Waals surface area contributed by atoms with Gasteiger partial charge in [0, 0.05) is 11.6 Å². The third kappa shape index (κ3) is 3.37. The summed E-state index contributed by atoms with van der Waals surface area (Å²) in [5.74, 6) is 0.751. The summed E-state index contributed by atoms with van der Waals surface area (Å²) in [5, 5.41) is 0. The van der Waals surface area contributed by atoms with Crippen molar-refractivity contribution in [3.05, 3.63) is 23.0 Å². The van der Waals surface area contributed by atoms with Gasteiger partial charge in [0.15, 0.2) is 11.6 Å². The number of hydrogen-bond donors (Lipinski definition) is 0. The van der Waals surface area contributed by atoms with Crippen molar-refractivity contribution in [3.63, 3.8) is 0 Å². The number of ether oxygens (including phenoxy) is 2. The highest BCUT2D eigenvalue weighted by Crippen LogP contribution is 2.33. The van der Waals surface area contributed by atoms with Crippen LogP contribution in [0.5, 0.6) is 11.5 Å². The van der Waals surface area contributed by atoms with Crippen LogP contribution >= 0.6 is 0 Å². The fourth-order valence-electron chi connectivity index (χ4n) is 2.03. The third-order valence-corrected chi connectivity index (χ3v) is 2.98. The maximum atomic E-state index is 14.2. The average molecular weight is 256 g/mol. The Bertz CT molecular complexity index is 375. The summed E-state index contributed by atoms with van der Waals surface area (Å²) in [6.45, 7) is 4.11. The fraction of sp³-hybridized carbons (Fsp3) is 0.600. The van der Waals surface area contributed by atoms with Gasteiger partial charge in [-0.2, -0.15) is 0 Å². The van der Waals surface area contributed by atoms with Gasteiger partial charge in [-0.15, -0.1) is 0 Å². The molecule has 0 unspecified atom stereocenters. The molecule has 0 saturated heterocycles. The van der Waals surface area contributed by atoms with Crippen LogP contribution in [-0.4, -0.2) is 14.2 Å². The van der Waals surface area contributed by atoms with E-state index >= 15 is 0 Å². The minimum Gasteiger partial charge on any atom is -0.496 e. The van der Waals surface area contributed by atoms with E-state index in [1.54, 1.807) is 13.2 Å². The molecule has 0 radical (unpaired) electrons. The van der Waals surface area contributed by atoms with Gasteiger partial charge in [-0.1, -0.05) is 27.7 Å². The lowest BCUT2D eigenvalue weighted by atomic mass is 9.98.